The van der Waals surface area contributed by atoms with Crippen molar-refractivity contribution in [2.24, 2.45) is 0 Å². The summed E-state index contributed by atoms with van der Waals surface area (Å²) >= 11 is 0. The number of hydrogen-bond donors (Lipinski definition) is 2. The van der Waals surface area contributed by atoms with Crippen molar-refractivity contribution >= 4 is 17.5 Å². The lowest BCUT2D eigenvalue weighted by Gasteiger charge is -2.17. The molecule has 0 fully saturated rings. The van der Waals surface area contributed by atoms with Crippen molar-refractivity contribution in [2.45, 2.75) is 19.1 Å². The van der Waals surface area contributed by atoms with Gasteiger partial charge in [-0.05, 0) is 36.8 Å². The molecular formula is C23H19F3N2O2. The van der Waals surface area contributed by atoms with Crippen LogP contribution in [0.15, 0.2) is 78.9 Å². The summed E-state index contributed by atoms with van der Waals surface area (Å²) in [5.74, 6) is -1.40. The smallest absolute Gasteiger partial charge is 0.345 e. The number of amides is 2. The molecule has 0 aromatic heterocycles. The fourth-order valence-corrected chi connectivity index (χ4v) is 3.01. The quantitative estimate of drug-likeness (QED) is 0.586. The first-order chi connectivity index (χ1) is 14.3. The minimum Gasteiger partial charge on any atom is -0.345 e. The summed E-state index contributed by atoms with van der Waals surface area (Å²) in [4.78, 5) is 25.3. The van der Waals surface area contributed by atoms with Gasteiger partial charge in [-0.2, -0.15) is 13.2 Å². The molecule has 1 atom stereocenters. The zero-order valence-electron chi connectivity index (χ0n) is 16.0. The summed E-state index contributed by atoms with van der Waals surface area (Å²) < 4.78 is 39.6. The molecule has 0 saturated carbocycles. The molecule has 0 aliphatic rings. The predicted octanol–water partition coefficient (Wildman–Crippen LogP) is 5.45. The number of anilines is 1. The maximum atomic E-state index is 13.2. The van der Waals surface area contributed by atoms with E-state index in [-0.39, 0.29) is 17.3 Å². The van der Waals surface area contributed by atoms with Crippen LogP contribution < -0.4 is 10.6 Å². The molecule has 3 aromatic rings. The first kappa shape index (κ1) is 21.1. The second-order valence-corrected chi connectivity index (χ2v) is 6.65. The van der Waals surface area contributed by atoms with Crippen molar-refractivity contribution in [3.8, 4) is 0 Å². The molecule has 0 aliphatic carbocycles. The number of benzene rings is 3. The van der Waals surface area contributed by atoms with Crippen molar-refractivity contribution in [1.82, 2.24) is 5.32 Å². The third-order valence-corrected chi connectivity index (χ3v) is 4.54. The number of hydrogen-bond acceptors (Lipinski definition) is 2. The second-order valence-electron chi connectivity index (χ2n) is 6.65. The average Bonchev–Trinajstić information content (AvgIpc) is 2.74. The Kier molecular flexibility index (Phi) is 6.20. The molecule has 0 radical (unpaired) electrons. The summed E-state index contributed by atoms with van der Waals surface area (Å²) in [7, 11) is 0. The highest BCUT2D eigenvalue weighted by molar-refractivity contribution is 6.09. The Labute approximate surface area is 171 Å². The topological polar surface area (TPSA) is 58.2 Å². The van der Waals surface area contributed by atoms with E-state index in [1.54, 1.807) is 12.1 Å². The monoisotopic (exact) mass is 412 g/mol. The van der Waals surface area contributed by atoms with Gasteiger partial charge >= 0.3 is 6.18 Å². The van der Waals surface area contributed by atoms with Crippen molar-refractivity contribution in [1.29, 1.82) is 0 Å². The molecule has 154 valence electrons. The summed E-state index contributed by atoms with van der Waals surface area (Å²) in [5, 5.41) is 5.26. The number of nitrogens with one attached hydrogen (secondary N) is 2. The fourth-order valence-electron chi connectivity index (χ4n) is 3.01. The number of rotatable bonds is 5. The van der Waals surface area contributed by atoms with E-state index in [9.17, 15) is 22.8 Å². The molecule has 0 bridgehead atoms. The van der Waals surface area contributed by atoms with Gasteiger partial charge in [-0.3, -0.25) is 9.59 Å². The van der Waals surface area contributed by atoms with E-state index in [4.69, 9.17) is 0 Å². The van der Waals surface area contributed by atoms with E-state index in [2.05, 4.69) is 10.6 Å². The van der Waals surface area contributed by atoms with E-state index in [1.165, 1.54) is 24.3 Å². The second kappa shape index (κ2) is 8.82. The molecule has 4 nitrogen and oxygen atoms in total. The van der Waals surface area contributed by atoms with Crippen LogP contribution in [-0.4, -0.2) is 11.8 Å². The van der Waals surface area contributed by atoms with E-state index >= 15 is 0 Å². The average molecular weight is 412 g/mol. The van der Waals surface area contributed by atoms with Gasteiger partial charge in [0.1, 0.15) is 0 Å². The molecule has 2 N–H and O–H groups in total. The van der Waals surface area contributed by atoms with Crippen molar-refractivity contribution < 1.29 is 22.8 Å². The van der Waals surface area contributed by atoms with Crippen LogP contribution in [0.25, 0.3) is 0 Å². The predicted molar refractivity (Wildman–Crippen MR) is 108 cm³/mol. The van der Waals surface area contributed by atoms with Crippen molar-refractivity contribution in [3.05, 3.63) is 101 Å². The normalized spacial score (nSPS) is 12.1. The largest absolute Gasteiger partial charge is 0.417 e. The highest BCUT2D eigenvalue weighted by Crippen LogP contribution is 2.32. The van der Waals surface area contributed by atoms with Crippen LogP contribution >= 0.6 is 0 Å². The van der Waals surface area contributed by atoms with Gasteiger partial charge in [-0.15, -0.1) is 0 Å². The Morgan fingerprint density at radius 2 is 1.33 bits per heavy atom. The van der Waals surface area contributed by atoms with Crippen LogP contribution in [0, 0.1) is 0 Å². The Hall–Kier alpha value is -3.61. The third-order valence-electron chi connectivity index (χ3n) is 4.54. The maximum absolute atomic E-state index is 13.2. The number of halogens is 3. The lowest BCUT2D eigenvalue weighted by molar-refractivity contribution is -0.137. The van der Waals surface area contributed by atoms with Gasteiger partial charge in [0.25, 0.3) is 11.8 Å². The first-order valence-corrected chi connectivity index (χ1v) is 9.20. The zero-order chi connectivity index (χ0) is 21.7. The molecule has 2 amide bonds. The molecule has 3 rings (SSSR count). The van der Waals surface area contributed by atoms with E-state index < -0.39 is 29.1 Å². The highest BCUT2D eigenvalue weighted by Gasteiger charge is 2.35. The zero-order valence-corrected chi connectivity index (χ0v) is 16.0. The van der Waals surface area contributed by atoms with Gasteiger partial charge in [-0.25, -0.2) is 0 Å². The number of carbonyl (C=O) groups excluding carboxylic acids is 2. The number of alkyl halides is 3. The van der Waals surface area contributed by atoms with Crippen LogP contribution in [0.4, 0.5) is 18.9 Å². The molecule has 7 heteroatoms. The highest BCUT2D eigenvalue weighted by atomic mass is 19.4. The molecule has 0 unspecified atom stereocenters. The van der Waals surface area contributed by atoms with Crippen LogP contribution in [0.2, 0.25) is 0 Å². The van der Waals surface area contributed by atoms with Crippen LogP contribution in [-0.2, 0) is 6.18 Å². The standard InChI is InChI=1S/C23H19F3N2O2/c1-15(16-9-3-2-4-10-16)27-22(30)18-12-6-8-14-20(18)28-21(29)17-11-5-7-13-19(17)23(24,25)26/h2-15H,1H3,(H,27,30)(H,28,29)/t15-/m0/s1. The molecule has 3 aromatic carbocycles. The molecule has 0 spiro atoms. The van der Waals surface area contributed by atoms with E-state index in [0.29, 0.717) is 0 Å². The lowest BCUT2D eigenvalue weighted by Crippen LogP contribution is -2.28. The molecule has 0 heterocycles. The van der Waals surface area contributed by atoms with Crippen LogP contribution in [0.3, 0.4) is 0 Å². The summed E-state index contributed by atoms with van der Waals surface area (Å²) in [5.41, 5.74) is -0.387. The first-order valence-electron chi connectivity index (χ1n) is 9.20. The number of para-hydroxylation sites is 1. The van der Waals surface area contributed by atoms with Gasteiger partial charge < -0.3 is 10.6 Å². The SMILES string of the molecule is C[C@H](NC(=O)c1ccccc1NC(=O)c1ccccc1C(F)(F)F)c1ccccc1. The molecular weight excluding hydrogens is 393 g/mol. The minimum absolute atomic E-state index is 0.122. The van der Waals surface area contributed by atoms with E-state index in [1.807, 2.05) is 37.3 Å². The van der Waals surface area contributed by atoms with E-state index in [0.717, 1.165) is 17.7 Å². The van der Waals surface area contributed by atoms with Crippen molar-refractivity contribution in [2.75, 3.05) is 5.32 Å². The maximum Gasteiger partial charge on any atom is 0.417 e. The minimum atomic E-state index is -4.67. The van der Waals surface area contributed by atoms with Gasteiger partial charge in [0.05, 0.1) is 28.4 Å². The summed E-state index contributed by atoms with van der Waals surface area (Å²) in [6.45, 7) is 1.81. The molecule has 0 saturated heterocycles. The Morgan fingerprint density at radius 3 is 2.00 bits per heavy atom. The summed E-state index contributed by atoms with van der Waals surface area (Å²) in [6.07, 6.45) is -4.67. The van der Waals surface area contributed by atoms with Gasteiger partial charge in [0.15, 0.2) is 0 Å². The third kappa shape index (κ3) is 4.86. The summed E-state index contributed by atoms with van der Waals surface area (Å²) in [6, 6.07) is 19.7. The molecule has 0 aliphatic heterocycles. The molecule has 30 heavy (non-hydrogen) atoms. The van der Waals surface area contributed by atoms with Crippen molar-refractivity contribution in [3.63, 3.8) is 0 Å². The van der Waals surface area contributed by atoms with Gasteiger partial charge in [0, 0.05) is 0 Å². The van der Waals surface area contributed by atoms with Gasteiger partial charge in [-0.1, -0.05) is 54.6 Å². The van der Waals surface area contributed by atoms with Crippen LogP contribution in [0.5, 0.6) is 0 Å². The fraction of sp³-hybridized carbons (Fsp3) is 0.130. The van der Waals surface area contributed by atoms with Crippen LogP contribution in [0.1, 0.15) is 44.8 Å². The Bertz CT molecular complexity index is 1050. The Morgan fingerprint density at radius 1 is 0.767 bits per heavy atom. The van der Waals surface area contributed by atoms with Gasteiger partial charge in [0.2, 0.25) is 0 Å². The Balaban J connectivity index is 1.83. The lowest BCUT2D eigenvalue weighted by atomic mass is 10.1. The number of carbonyl (C=O) groups is 2.